The van der Waals surface area contributed by atoms with Crippen LogP contribution in [0.25, 0.3) is 0 Å². The number of esters is 1. The van der Waals surface area contributed by atoms with Gasteiger partial charge in [-0.05, 0) is 6.42 Å². The second-order valence-electron chi connectivity index (χ2n) is 3.24. The Morgan fingerprint density at radius 2 is 2.08 bits per heavy atom. The third-order valence-corrected chi connectivity index (χ3v) is 1.42. The molecule has 0 spiro atoms. The van der Waals surface area contributed by atoms with Gasteiger partial charge in [0.05, 0.1) is 7.11 Å². The van der Waals surface area contributed by atoms with Crippen LogP contribution in [-0.2, 0) is 14.3 Å². The number of hydrogen-bond donors (Lipinski definition) is 0. The molecule has 0 aliphatic heterocycles. The maximum absolute atomic E-state index is 10.6. The highest BCUT2D eigenvalue weighted by Crippen LogP contribution is 2.16. The van der Waals surface area contributed by atoms with Crippen molar-refractivity contribution in [3.63, 3.8) is 0 Å². The molecule has 68 valence electrons. The molecule has 3 nitrogen and oxygen atoms in total. The summed E-state index contributed by atoms with van der Waals surface area (Å²) in [5.41, 5.74) is -0.398. The van der Waals surface area contributed by atoms with Gasteiger partial charge in [0.1, 0.15) is 6.29 Å². The second-order valence-corrected chi connectivity index (χ2v) is 3.24. The van der Waals surface area contributed by atoms with Crippen molar-refractivity contribution in [1.82, 2.24) is 0 Å². The van der Waals surface area contributed by atoms with E-state index in [2.05, 4.69) is 4.74 Å². The average Bonchev–Trinajstić information content (AvgIpc) is 2.04. The Labute approximate surface area is 72.4 Å². The lowest BCUT2D eigenvalue weighted by atomic mass is 9.91. The summed E-state index contributed by atoms with van der Waals surface area (Å²) in [5.74, 6) is -0.392. The van der Waals surface area contributed by atoms with E-state index < -0.39 is 11.4 Å². The maximum atomic E-state index is 10.6. The van der Waals surface area contributed by atoms with Gasteiger partial charge in [0, 0.05) is 11.5 Å². The molecule has 0 atom stereocenters. The Bertz CT molecular complexity index is 192. The van der Waals surface area contributed by atoms with E-state index in [1.54, 1.807) is 6.08 Å². The van der Waals surface area contributed by atoms with Gasteiger partial charge in [-0.3, -0.25) is 0 Å². The molecule has 0 saturated carbocycles. The summed E-state index contributed by atoms with van der Waals surface area (Å²) in [6, 6.07) is 0. The molecule has 0 aromatic rings. The highest BCUT2D eigenvalue weighted by molar-refractivity contribution is 5.81. The second kappa shape index (κ2) is 4.70. The van der Waals surface area contributed by atoms with E-state index in [4.69, 9.17) is 0 Å². The van der Waals surface area contributed by atoms with Gasteiger partial charge in [-0.2, -0.15) is 0 Å². The van der Waals surface area contributed by atoms with Crippen LogP contribution >= 0.6 is 0 Å². The van der Waals surface area contributed by atoms with Gasteiger partial charge in [-0.15, -0.1) is 0 Å². The van der Waals surface area contributed by atoms with Crippen molar-refractivity contribution in [1.29, 1.82) is 0 Å². The molecule has 0 N–H and O–H groups in total. The lowest BCUT2D eigenvalue weighted by molar-refractivity contribution is -0.134. The number of hydrogen-bond acceptors (Lipinski definition) is 3. The number of rotatable bonds is 4. The highest BCUT2D eigenvalue weighted by atomic mass is 16.5. The third-order valence-electron chi connectivity index (χ3n) is 1.42. The van der Waals surface area contributed by atoms with E-state index in [1.807, 2.05) is 13.8 Å². The van der Waals surface area contributed by atoms with Crippen LogP contribution in [0, 0.1) is 5.41 Å². The zero-order valence-corrected chi connectivity index (χ0v) is 7.66. The zero-order valence-electron chi connectivity index (χ0n) is 7.66. The Balaban J connectivity index is 3.89. The normalized spacial score (nSPS) is 11.6. The van der Waals surface area contributed by atoms with E-state index in [1.165, 1.54) is 13.2 Å². The first kappa shape index (κ1) is 10.9. The van der Waals surface area contributed by atoms with Crippen molar-refractivity contribution in [2.45, 2.75) is 20.3 Å². The SMILES string of the molecule is COC(=O)/C=C/CC(C)(C)C=O. The van der Waals surface area contributed by atoms with E-state index in [9.17, 15) is 9.59 Å². The molecular formula is C9H14O3. The van der Waals surface area contributed by atoms with Crippen molar-refractivity contribution < 1.29 is 14.3 Å². The largest absolute Gasteiger partial charge is 0.466 e. The molecule has 0 radical (unpaired) electrons. The minimum absolute atomic E-state index is 0.392. The summed E-state index contributed by atoms with van der Waals surface area (Å²) in [7, 11) is 1.32. The summed E-state index contributed by atoms with van der Waals surface area (Å²) in [6.45, 7) is 3.61. The first-order valence-electron chi connectivity index (χ1n) is 3.72. The number of allylic oxidation sites excluding steroid dienone is 1. The average molecular weight is 170 g/mol. The van der Waals surface area contributed by atoms with Crippen LogP contribution in [0.1, 0.15) is 20.3 Å². The number of carbonyl (C=O) groups excluding carboxylic acids is 2. The fourth-order valence-corrected chi connectivity index (χ4v) is 0.575. The van der Waals surface area contributed by atoms with Gasteiger partial charge in [0.15, 0.2) is 0 Å². The molecule has 0 fully saturated rings. The Kier molecular flexibility index (Phi) is 4.26. The minimum atomic E-state index is -0.398. The predicted molar refractivity (Wildman–Crippen MR) is 45.6 cm³/mol. The van der Waals surface area contributed by atoms with Crippen LogP contribution in [0.3, 0.4) is 0 Å². The third kappa shape index (κ3) is 4.66. The fraction of sp³-hybridized carbons (Fsp3) is 0.556. The minimum Gasteiger partial charge on any atom is -0.466 e. The lowest BCUT2D eigenvalue weighted by Crippen LogP contribution is -2.11. The molecule has 0 aromatic carbocycles. The molecule has 0 aliphatic carbocycles. The molecule has 0 bridgehead atoms. The fourth-order valence-electron chi connectivity index (χ4n) is 0.575. The Morgan fingerprint density at radius 1 is 1.50 bits per heavy atom. The molecule has 0 saturated heterocycles. The van der Waals surface area contributed by atoms with Crippen molar-refractivity contribution in [2.75, 3.05) is 7.11 Å². The van der Waals surface area contributed by atoms with Crippen molar-refractivity contribution in [2.24, 2.45) is 5.41 Å². The van der Waals surface area contributed by atoms with E-state index in [-0.39, 0.29) is 0 Å². The van der Waals surface area contributed by atoms with E-state index in [0.717, 1.165) is 6.29 Å². The molecule has 12 heavy (non-hydrogen) atoms. The van der Waals surface area contributed by atoms with Crippen LogP contribution in [0.4, 0.5) is 0 Å². The van der Waals surface area contributed by atoms with Gasteiger partial charge >= 0.3 is 5.97 Å². The smallest absolute Gasteiger partial charge is 0.330 e. The van der Waals surface area contributed by atoms with Crippen LogP contribution in [0.5, 0.6) is 0 Å². The summed E-state index contributed by atoms with van der Waals surface area (Å²) >= 11 is 0. The van der Waals surface area contributed by atoms with Crippen LogP contribution in [-0.4, -0.2) is 19.4 Å². The summed E-state index contributed by atoms with van der Waals surface area (Å²) in [5, 5.41) is 0. The molecule has 0 heterocycles. The van der Waals surface area contributed by atoms with Crippen LogP contribution in [0.15, 0.2) is 12.2 Å². The van der Waals surface area contributed by atoms with Crippen molar-refractivity contribution in [3.05, 3.63) is 12.2 Å². The number of ether oxygens (including phenoxy) is 1. The van der Waals surface area contributed by atoms with E-state index in [0.29, 0.717) is 6.42 Å². The summed E-state index contributed by atoms with van der Waals surface area (Å²) < 4.78 is 4.38. The van der Waals surface area contributed by atoms with Gasteiger partial charge in [-0.25, -0.2) is 4.79 Å². The Morgan fingerprint density at radius 3 is 2.50 bits per heavy atom. The lowest BCUT2D eigenvalue weighted by Gasteiger charge is -2.12. The maximum Gasteiger partial charge on any atom is 0.330 e. The molecule has 0 aliphatic rings. The molecule has 0 amide bonds. The summed E-state index contributed by atoms with van der Waals surface area (Å²) in [6.07, 6.45) is 4.38. The molecule has 0 rings (SSSR count). The molecule has 0 aromatic heterocycles. The predicted octanol–water partition coefficient (Wildman–Crippen LogP) is 1.33. The number of carbonyl (C=O) groups is 2. The summed E-state index contributed by atoms with van der Waals surface area (Å²) in [4.78, 5) is 21.0. The standard InChI is InChI=1S/C9H14O3/c1-9(2,7-10)6-4-5-8(11)12-3/h4-5,7H,6H2,1-3H3/b5-4+. The molecule has 3 heteroatoms. The monoisotopic (exact) mass is 170 g/mol. The van der Waals surface area contributed by atoms with Gasteiger partial charge < -0.3 is 9.53 Å². The Hall–Kier alpha value is -1.12. The zero-order chi connectivity index (χ0) is 9.61. The molecular weight excluding hydrogens is 156 g/mol. The number of methoxy groups -OCH3 is 1. The van der Waals surface area contributed by atoms with Crippen molar-refractivity contribution >= 4 is 12.3 Å². The van der Waals surface area contributed by atoms with Crippen LogP contribution < -0.4 is 0 Å². The van der Waals surface area contributed by atoms with Gasteiger partial charge in [0.2, 0.25) is 0 Å². The molecule has 0 unspecified atom stereocenters. The highest BCUT2D eigenvalue weighted by Gasteiger charge is 2.13. The quantitative estimate of drug-likeness (QED) is 0.363. The van der Waals surface area contributed by atoms with E-state index >= 15 is 0 Å². The first-order chi connectivity index (χ1) is 5.52. The number of aldehydes is 1. The van der Waals surface area contributed by atoms with Crippen molar-refractivity contribution in [3.8, 4) is 0 Å². The van der Waals surface area contributed by atoms with Gasteiger partial charge in [0.25, 0.3) is 0 Å². The van der Waals surface area contributed by atoms with Crippen LogP contribution in [0.2, 0.25) is 0 Å². The first-order valence-corrected chi connectivity index (χ1v) is 3.72. The van der Waals surface area contributed by atoms with Gasteiger partial charge in [-0.1, -0.05) is 19.9 Å². The topological polar surface area (TPSA) is 43.4 Å².